The lowest BCUT2D eigenvalue weighted by Crippen LogP contribution is -2.67. The molecule has 0 radical (unpaired) electrons. The molecule has 2 N–H and O–H groups in total. The number of ether oxygens (including phenoxy) is 1. The van der Waals surface area contributed by atoms with Crippen LogP contribution in [0.25, 0.3) is 0 Å². The van der Waals surface area contributed by atoms with E-state index in [0.717, 1.165) is 32.1 Å². The minimum absolute atomic E-state index is 0.0821. The SMILES string of the molecule is C=C(C)[C@@H]1CC[C@]2(COC(C)=O)CC[C@]3(C)C(CC[C@@H]4[C@@]5(C)CCC(O)C(C)(CO)[C@@H]5CC[C@]43C)[C@@H]12. The summed E-state index contributed by atoms with van der Waals surface area (Å²) in [6, 6.07) is 0. The Balaban J connectivity index is 1.53. The lowest BCUT2D eigenvalue weighted by atomic mass is 9.32. The van der Waals surface area contributed by atoms with Crippen LogP contribution in [0.4, 0.5) is 0 Å². The van der Waals surface area contributed by atoms with Gasteiger partial charge in [0.05, 0.1) is 19.3 Å². The molecule has 3 unspecified atom stereocenters. The molecule has 0 aliphatic heterocycles. The second-order valence-electron chi connectivity index (χ2n) is 15.0. The number of carbonyl (C=O) groups excluding carboxylic acids is 1. The van der Waals surface area contributed by atoms with Crippen molar-refractivity contribution in [3.63, 3.8) is 0 Å². The van der Waals surface area contributed by atoms with Crippen molar-refractivity contribution in [2.45, 2.75) is 112 Å². The topological polar surface area (TPSA) is 66.8 Å². The molecule has 5 aliphatic rings. The highest BCUT2D eigenvalue weighted by atomic mass is 16.5. The van der Waals surface area contributed by atoms with Crippen LogP contribution in [0.5, 0.6) is 0 Å². The van der Waals surface area contributed by atoms with Gasteiger partial charge in [-0.05, 0) is 117 Å². The van der Waals surface area contributed by atoms with E-state index in [4.69, 9.17) is 4.74 Å². The number of allylic oxidation sites excluding steroid dienone is 1. The number of hydrogen-bond donors (Lipinski definition) is 2. The Morgan fingerprint density at radius 1 is 0.889 bits per heavy atom. The standard InChI is InChI=1S/C32H52O4/c1-20(2)22-10-15-32(19-36-21(3)34)17-16-30(6)23(27(22)32)8-9-25-28(4)13-12-26(35)29(5,18-33)24(28)11-14-31(25,30)7/h22-27,33,35H,1,8-19H2,2-7H3/t22-,23?,24+,25+,26?,27+,28-,29?,30+,31+,32+/m0/s1. The maximum absolute atomic E-state index is 11.9. The van der Waals surface area contributed by atoms with Gasteiger partial charge in [0.15, 0.2) is 0 Å². The van der Waals surface area contributed by atoms with Crippen LogP contribution in [-0.2, 0) is 9.53 Å². The van der Waals surface area contributed by atoms with Gasteiger partial charge in [0.1, 0.15) is 0 Å². The van der Waals surface area contributed by atoms with E-state index < -0.39 is 11.5 Å². The van der Waals surface area contributed by atoms with Gasteiger partial charge in [-0.1, -0.05) is 39.8 Å². The molecule has 5 aliphatic carbocycles. The Morgan fingerprint density at radius 2 is 1.61 bits per heavy atom. The van der Waals surface area contributed by atoms with Gasteiger partial charge < -0.3 is 14.9 Å². The van der Waals surface area contributed by atoms with Crippen molar-refractivity contribution in [2.75, 3.05) is 13.2 Å². The molecule has 0 saturated heterocycles. The second-order valence-corrected chi connectivity index (χ2v) is 15.0. The van der Waals surface area contributed by atoms with Crippen molar-refractivity contribution in [3.8, 4) is 0 Å². The fraction of sp³-hybridized carbons (Fsp3) is 0.906. The first-order chi connectivity index (χ1) is 16.8. The predicted octanol–water partition coefficient (Wildman–Crippen LogP) is 6.54. The number of carbonyl (C=O) groups is 1. The molecule has 4 heteroatoms. The van der Waals surface area contributed by atoms with E-state index in [0.29, 0.717) is 36.2 Å². The van der Waals surface area contributed by atoms with Crippen molar-refractivity contribution in [2.24, 2.45) is 56.7 Å². The van der Waals surface area contributed by atoms with Crippen molar-refractivity contribution < 1.29 is 19.7 Å². The zero-order valence-corrected chi connectivity index (χ0v) is 23.9. The molecule has 4 nitrogen and oxygen atoms in total. The zero-order valence-electron chi connectivity index (χ0n) is 23.9. The summed E-state index contributed by atoms with van der Waals surface area (Å²) in [5.41, 5.74) is 1.68. The van der Waals surface area contributed by atoms with Gasteiger partial charge in [0, 0.05) is 17.8 Å². The lowest BCUT2D eigenvalue weighted by Gasteiger charge is -2.73. The average molecular weight is 501 g/mol. The van der Waals surface area contributed by atoms with Gasteiger partial charge in [-0.2, -0.15) is 0 Å². The van der Waals surface area contributed by atoms with E-state index in [1.807, 2.05) is 0 Å². The maximum Gasteiger partial charge on any atom is 0.302 e. The largest absolute Gasteiger partial charge is 0.465 e. The molecule has 5 fully saturated rings. The Kier molecular flexibility index (Phi) is 6.36. The first-order valence-corrected chi connectivity index (χ1v) is 14.9. The predicted molar refractivity (Wildman–Crippen MR) is 143 cm³/mol. The molecule has 0 aromatic rings. The summed E-state index contributed by atoms with van der Waals surface area (Å²) in [4.78, 5) is 11.9. The molecule has 0 aromatic carbocycles. The maximum atomic E-state index is 11.9. The highest BCUT2D eigenvalue weighted by Crippen LogP contribution is 2.77. The van der Waals surface area contributed by atoms with Crippen molar-refractivity contribution >= 4 is 5.97 Å². The minimum Gasteiger partial charge on any atom is -0.465 e. The molecule has 0 amide bonds. The van der Waals surface area contributed by atoms with Crippen LogP contribution in [0.2, 0.25) is 0 Å². The fourth-order valence-electron chi connectivity index (χ4n) is 11.8. The smallest absolute Gasteiger partial charge is 0.302 e. The van der Waals surface area contributed by atoms with Crippen LogP contribution in [0.1, 0.15) is 106 Å². The third-order valence-electron chi connectivity index (χ3n) is 13.9. The number of aliphatic hydroxyl groups is 2. The average Bonchev–Trinajstić information content (AvgIpc) is 3.21. The number of fused-ring (bicyclic) bond motifs is 7. The number of aliphatic hydroxyl groups excluding tert-OH is 2. The Labute approximate surface area is 219 Å². The van der Waals surface area contributed by atoms with Gasteiger partial charge >= 0.3 is 5.97 Å². The van der Waals surface area contributed by atoms with Crippen LogP contribution >= 0.6 is 0 Å². The van der Waals surface area contributed by atoms with Gasteiger partial charge in [0.2, 0.25) is 0 Å². The van der Waals surface area contributed by atoms with Crippen LogP contribution in [-0.4, -0.2) is 35.5 Å². The summed E-state index contributed by atoms with van der Waals surface area (Å²) in [5.74, 6) is 2.55. The van der Waals surface area contributed by atoms with Crippen molar-refractivity contribution in [1.82, 2.24) is 0 Å². The summed E-state index contributed by atoms with van der Waals surface area (Å²) in [6.07, 6.45) is 11.0. The molecule has 0 spiro atoms. The lowest BCUT2D eigenvalue weighted by molar-refractivity contribution is -0.255. The summed E-state index contributed by atoms with van der Waals surface area (Å²) in [5, 5.41) is 21.4. The highest BCUT2D eigenvalue weighted by molar-refractivity contribution is 5.65. The Morgan fingerprint density at radius 3 is 2.25 bits per heavy atom. The summed E-state index contributed by atoms with van der Waals surface area (Å²) in [6.45, 7) is 18.8. The Bertz CT molecular complexity index is 914. The zero-order chi connectivity index (χ0) is 26.3. The summed E-state index contributed by atoms with van der Waals surface area (Å²) in [7, 11) is 0. The number of hydrogen-bond acceptors (Lipinski definition) is 4. The molecular weight excluding hydrogens is 448 g/mol. The van der Waals surface area contributed by atoms with Crippen molar-refractivity contribution in [1.29, 1.82) is 0 Å². The molecule has 5 saturated carbocycles. The first kappa shape index (κ1) is 26.7. The van der Waals surface area contributed by atoms with E-state index in [1.54, 1.807) is 6.92 Å². The third-order valence-corrected chi connectivity index (χ3v) is 13.9. The van der Waals surface area contributed by atoms with E-state index in [1.165, 1.54) is 37.7 Å². The minimum atomic E-state index is -0.400. The van der Waals surface area contributed by atoms with Gasteiger partial charge in [-0.25, -0.2) is 0 Å². The molecule has 11 atom stereocenters. The van der Waals surface area contributed by atoms with Crippen molar-refractivity contribution in [3.05, 3.63) is 12.2 Å². The molecule has 0 aromatic heterocycles. The van der Waals surface area contributed by atoms with E-state index >= 15 is 0 Å². The monoisotopic (exact) mass is 500 g/mol. The first-order valence-electron chi connectivity index (χ1n) is 14.9. The summed E-state index contributed by atoms with van der Waals surface area (Å²) < 4.78 is 5.77. The fourth-order valence-corrected chi connectivity index (χ4v) is 11.8. The number of rotatable bonds is 4. The van der Waals surface area contributed by atoms with Crippen LogP contribution in [0.15, 0.2) is 12.2 Å². The Hall–Kier alpha value is -0.870. The third kappa shape index (κ3) is 3.34. The quantitative estimate of drug-likeness (QED) is 0.340. The molecule has 204 valence electrons. The molecule has 0 bridgehead atoms. The van der Waals surface area contributed by atoms with Gasteiger partial charge in [-0.15, -0.1) is 0 Å². The molecule has 5 rings (SSSR count). The number of esters is 1. The molecule has 0 heterocycles. The van der Waals surface area contributed by atoms with E-state index in [-0.39, 0.29) is 34.2 Å². The van der Waals surface area contributed by atoms with Crippen LogP contribution in [0.3, 0.4) is 0 Å². The van der Waals surface area contributed by atoms with Crippen LogP contribution in [0, 0.1) is 56.7 Å². The molecular formula is C32H52O4. The molecule has 36 heavy (non-hydrogen) atoms. The van der Waals surface area contributed by atoms with E-state index in [9.17, 15) is 15.0 Å². The van der Waals surface area contributed by atoms with E-state index in [2.05, 4.69) is 41.2 Å². The highest BCUT2D eigenvalue weighted by Gasteiger charge is 2.71. The van der Waals surface area contributed by atoms with Crippen LogP contribution < -0.4 is 0 Å². The van der Waals surface area contributed by atoms with Gasteiger partial charge in [0.25, 0.3) is 0 Å². The normalized spacial score (nSPS) is 54.0. The second kappa shape index (κ2) is 8.57. The summed E-state index contributed by atoms with van der Waals surface area (Å²) >= 11 is 0. The van der Waals surface area contributed by atoms with Gasteiger partial charge in [-0.3, -0.25) is 4.79 Å².